The van der Waals surface area contributed by atoms with E-state index in [0.29, 0.717) is 29.6 Å². The molecule has 1 aromatic heterocycles. The number of furan rings is 1. The average Bonchev–Trinajstić information content (AvgIpc) is 3.30. The number of rotatable bonds is 7. The Balaban J connectivity index is 1.69. The number of carbonyl (C=O) groups excluding carboxylic acids is 2. The van der Waals surface area contributed by atoms with Crippen LogP contribution in [-0.4, -0.2) is 43.2 Å². The topological polar surface area (TPSA) is 81.0 Å². The highest BCUT2D eigenvalue weighted by molar-refractivity contribution is 8.00. The van der Waals surface area contributed by atoms with E-state index in [4.69, 9.17) is 13.9 Å². The van der Waals surface area contributed by atoms with E-state index in [1.54, 1.807) is 43.6 Å². The zero-order valence-electron chi connectivity index (χ0n) is 14.6. The van der Waals surface area contributed by atoms with Crippen LogP contribution in [0.2, 0.25) is 0 Å². The Morgan fingerprint density at radius 2 is 2.12 bits per heavy atom. The molecule has 0 saturated carbocycles. The summed E-state index contributed by atoms with van der Waals surface area (Å²) in [5, 5.41) is 2.53. The first-order chi connectivity index (χ1) is 12.6. The van der Waals surface area contributed by atoms with Gasteiger partial charge in [0.2, 0.25) is 11.8 Å². The lowest BCUT2D eigenvalue weighted by Gasteiger charge is -2.24. The monoisotopic (exact) mass is 376 g/mol. The number of ether oxygens (including phenoxy) is 2. The van der Waals surface area contributed by atoms with Crippen LogP contribution in [0.4, 0.5) is 0 Å². The van der Waals surface area contributed by atoms with Crippen LogP contribution in [0, 0.1) is 0 Å². The lowest BCUT2D eigenvalue weighted by Crippen LogP contribution is -2.39. The SMILES string of the molecule is COc1ccc(C2SCC(=O)N2CC(=O)NCc2ccco2)cc1OC. The van der Waals surface area contributed by atoms with Crippen molar-refractivity contribution < 1.29 is 23.5 Å². The fraction of sp³-hybridized carbons (Fsp3) is 0.333. The van der Waals surface area contributed by atoms with Crippen LogP contribution in [0.15, 0.2) is 41.0 Å². The summed E-state index contributed by atoms with van der Waals surface area (Å²) in [7, 11) is 3.13. The summed E-state index contributed by atoms with van der Waals surface area (Å²) in [6.45, 7) is 0.285. The molecule has 8 heteroatoms. The summed E-state index contributed by atoms with van der Waals surface area (Å²) >= 11 is 1.48. The minimum atomic E-state index is -0.239. The zero-order valence-corrected chi connectivity index (χ0v) is 15.4. The number of thioether (sulfide) groups is 1. The number of amides is 2. The highest BCUT2D eigenvalue weighted by Crippen LogP contribution is 2.41. The van der Waals surface area contributed by atoms with Gasteiger partial charge in [-0.05, 0) is 29.8 Å². The molecule has 0 radical (unpaired) electrons. The zero-order chi connectivity index (χ0) is 18.5. The van der Waals surface area contributed by atoms with Crippen LogP contribution in [0.3, 0.4) is 0 Å². The fourth-order valence-electron chi connectivity index (χ4n) is 2.72. The van der Waals surface area contributed by atoms with Gasteiger partial charge in [-0.25, -0.2) is 0 Å². The van der Waals surface area contributed by atoms with Gasteiger partial charge in [0.1, 0.15) is 17.7 Å². The van der Waals surface area contributed by atoms with Gasteiger partial charge in [0.15, 0.2) is 11.5 Å². The molecular formula is C18H20N2O5S. The van der Waals surface area contributed by atoms with E-state index in [9.17, 15) is 9.59 Å². The van der Waals surface area contributed by atoms with Crippen LogP contribution in [-0.2, 0) is 16.1 Å². The molecule has 0 aliphatic carbocycles. The molecule has 0 bridgehead atoms. The third-order valence-corrected chi connectivity index (χ3v) is 5.27. The van der Waals surface area contributed by atoms with Crippen molar-refractivity contribution in [3.05, 3.63) is 47.9 Å². The first-order valence-corrected chi connectivity index (χ1v) is 9.09. The third-order valence-electron chi connectivity index (χ3n) is 4.01. The molecule has 7 nitrogen and oxygen atoms in total. The Labute approximate surface area is 155 Å². The first kappa shape index (κ1) is 18.2. The summed E-state index contributed by atoms with van der Waals surface area (Å²) < 4.78 is 15.8. The Kier molecular flexibility index (Phi) is 5.72. The van der Waals surface area contributed by atoms with Gasteiger partial charge in [-0.1, -0.05) is 6.07 Å². The lowest BCUT2D eigenvalue weighted by atomic mass is 10.1. The minimum absolute atomic E-state index is 0.00838. The van der Waals surface area contributed by atoms with E-state index in [0.717, 1.165) is 5.56 Å². The second-order valence-electron chi connectivity index (χ2n) is 5.66. The highest BCUT2D eigenvalue weighted by Gasteiger charge is 2.34. The van der Waals surface area contributed by atoms with Gasteiger partial charge in [0.25, 0.3) is 0 Å². The quantitative estimate of drug-likeness (QED) is 0.798. The smallest absolute Gasteiger partial charge is 0.240 e. The van der Waals surface area contributed by atoms with Crippen molar-refractivity contribution in [2.75, 3.05) is 26.5 Å². The Hall–Kier alpha value is -2.61. The van der Waals surface area contributed by atoms with Gasteiger partial charge >= 0.3 is 0 Å². The number of benzene rings is 1. The molecule has 1 N–H and O–H groups in total. The lowest BCUT2D eigenvalue weighted by molar-refractivity contribution is -0.133. The number of carbonyl (C=O) groups is 2. The van der Waals surface area contributed by atoms with Crippen molar-refractivity contribution in [3.63, 3.8) is 0 Å². The molecule has 1 aliphatic rings. The fourth-order valence-corrected chi connectivity index (χ4v) is 3.89. The second kappa shape index (κ2) is 8.18. The first-order valence-electron chi connectivity index (χ1n) is 8.04. The standard InChI is InChI=1S/C18H20N2O5S/c1-23-14-6-5-12(8-15(14)24-2)18-20(17(22)11-26-18)10-16(21)19-9-13-4-3-7-25-13/h3-8,18H,9-11H2,1-2H3,(H,19,21). The molecule has 3 rings (SSSR count). The summed E-state index contributed by atoms with van der Waals surface area (Å²) in [6.07, 6.45) is 1.55. The molecule has 1 atom stereocenters. The summed E-state index contributed by atoms with van der Waals surface area (Å²) in [6, 6.07) is 9.06. The van der Waals surface area contributed by atoms with E-state index < -0.39 is 0 Å². The highest BCUT2D eigenvalue weighted by atomic mass is 32.2. The molecule has 1 aromatic carbocycles. The number of nitrogens with one attached hydrogen (secondary N) is 1. The predicted octanol–water partition coefficient (Wildman–Crippen LogP) is 2.19. The van der Waals surface area contributed by atoms with Crippen molar-refractivity contribution in [1.82, 2.24) is 10.2 Å². The van der Waals surface area contributed by atoms with Gasteiger partial charge in [-0.3, -0.25) is 9.59 Å². The van der Waals surface area contributed by atoms with Crippen LogP contribution >= 0.6 is 11.8 Å². The molecule has 1 saturated heterocycles. The van der Waals surface area contributed by atoms with Crippen LogP contribution in [0.5, 0.6) is 11.5 Å². The average molecular weight is 376 g/mol. The number of hydrogen-bond donors (Lipinski definition) is 1. The number of hydrogen-bond acceptors (Lipinski definition) is 6. The maximum atomic E-state index is 12.3. The van der Waals surface area contributed by atoms with Gasteiger partial charge in [-0.2, -0.15) is 0 Å². The predicted molar refractivity (Wildman–Crippen MR) is 97.0 cm³/mol. The molecule has 26 heavy (non-hydrogen) atoms. The van der Waals surface area contributed by atoms with Crippen molar-refractivity contribution >= 4 is 23.6 Å². The van der Waals surface area contributed by atoms with Gasteiger partial charge in [0.05, 0.1) is 32.8 Å². The van der Waals surface area contributed by atoms with Crippen molar-refractivity contribution in [1.29, 1.82) is 0 Å². The van der Waals surface area contributed by atoms with E-state index in [1.807, 2.05) is 12.1 Å². The van der Waals surface area contributed by atoms with Crippen molar-refractivity contribution in [3.8, 4) is 11.5 Å². The summed E-state index contributed by atoms with van der Waals surface area (Å²) in [5.74, 6) is 1.91. The molecule has 138 valence electrons. The Bertz CT molecular complexity index is 778. The molecule has 1 aliphatic heterocycles. The van der Waals surface area contributed by atoms with Crippen LogP contribution in [0.25, 0.3) is 0 Å². The van der Waals surface area contributed by atoms with E-state index >= 15 is 0 Å². The normalized spacial score (nSPS) is 16.6. The molecule has 1 unspecified atom stereocenters. The van der Waals surface area contributed by atoms with Gasteiger partial charge in [-0.15, -0.1) is 11.8 Å². The molecule has 2 aromatic rings. The van der Waals surface area contributed by atoms with Crippen LogP contribution < -0.4 is 14.8 Å². The molecule has 2 heterocycles. The Morgan fingerprint density at radius 1 is 1.31 bits per heavy atom. The summed E-state index contributed by atoms with van der Waals surface area (Å²) in [5.41, 5.74) is 0.886. The van der Waals surface area contributed by atoms with Gasteiger partial charge in [0, 0.05) is 0 Å². The molecule has 2 amide bonds. The van der Waals surface area contributed by atoms with Crippen LogP contribution in [0.1, 0.15) is 16.7 Å². The third kappa shape index (κ3) is 3.96. The molecular weight excluding hydrogens is 356 g/mol. The van der Waals surface area contributed by atoms with Gasteiger partial charge < -0.3 is 24.1 Å². The van der Waals surface area contributed by atoms with E-state index in [1.165, 1.54) is 11.8 Å². The number of nitrogens with zero attached hydrogens (tertiary/aromatic N) is 1. The maximum absolute atomic E-state index is 12.3. The minimum Gasteiger partial charge on any atom is -0.493 e. The van der Waals surface area contributed by atoms with E-state index in [-0.39, 0.29) is 23.7 Å². The van der Waals surface area contributed by atoms with E-state index in [2.05, 4.69) is 5.32 Å². The molecule has 1 fully saturated rings. The largest absolute Gasteiger partial charge is 0.493 e. The summed E-state index contributed by atoms with van der Waals surface area (Å²) in [4.78, 5) is 26.1. The number of methoxy groups -OCH3 is 2. The van der Waals surface area contributed by atoms with Crippen molar-refractivity contribution in [2.45, 2.75) is 11.9 Å². The van der Waals surface area contributed by atoms with Crippen molar-refractivity contribution in [2.24, 2.45) is 0 Å². The molecule has 0 spiro atoms. The maximum Gasteiger partial charge on any atom is 0.240 e. The second-order valence-corrected chi connectivity index (χ2v) is 6.72. The Morgan fingerprint density at radius 3 is 2.81 bits per heavy atom.